The first-order valence-corrected chi connectivity index (χ1v) is 41.7. The van der Waals surface area contributed by atoms with Crippen molar-refractivity contribution < 1.29 is 0 Å². The third-order valence-electron chi connectivity index (χ3n) is 21.4. The zero-order valence-corrected chi connectivity index (χ0v) is 68.2. The number of benzene rings is 16. The van der Waals surface area contributed by atoms with E-state index in [4.69, 9.17) is 9.98 Å². The van der Waals surface area contributed by atoms with Gasteiger partial charge >= 0.3 is 0 Å². The predicted octanol–water partition coefficient (Wildman–Crippen LogP) is 31.6. The Labute approximate surface area is 684 Å². The molecule has 0 aliphatic carbocycles. The first kappa shape index (κ1) is 73.3. The van der Waals surface area contributed by atoms with E-state index in [1.165, 1.54) is 77.9 Å². The Bertz CT molecular complexity index is 5880. The van der Waals surface area contributed by atoms with Gasteiger partial charge in [-0.1, -0.05) is 337 Å². The molecule has 0 bridgehead atoms. The van der Waals surface area contributed by atoms with Crippen LogP contribution >= 0.6 is 55.4 Å². The SMILES string of the molecule is Cc1ccc(-c2ccc(-c3cc(-c4ccccc4)cc(-c4ccc(-c5ccc(C)cc5)cc4)c3-c3cc(Br)c(N=C4SCCSC4=Nc4c(-c5ccc(C)cc5)cc(-c5c(-c6ccc(-c7ccc(C)cc7)cc6)cc(-c6ccccc6)cc5-c5ccc(-c6ccc(C)cc6)cc5)cc4-c4ccc(C)cc4)c(Br)c3)cc2)cc1. The summed E-state index contributed by atoms with van der Waals surface area (Å²) in [6.45, 7) is 12.9. The molecule has 0 atom stereocenters. The smallest absolute Gasteiger partial charge is 0.129 e. The Kier molecular flexibility index (Phi) is 21.2. The van der Waals surface area contributed by atoms with Crippen LogP contribution in [-0.4, -0.2) is 21.6 Å². The van der Waals surface area contributed by atoms with Crippen LogP contribution in [0.2, 0.25) is 0 Å². The lowest BCUT2D eigenvalue weighted by molar-refractivity contribution is 1.44. The fourth-order valence-corrected chi connectivity index (χ4v) is 18.6. The first-order valence-electron chi connectivity index (χ1n) is 38.2. The van der Waals surface area contributed by atoms with Gasteiger partial charge in [-0.3, -0.25) is 0 Å². The highest BCUT2D eigenvalue weighted by Gasteiger charge is 2.27. The van der Waals surface area contributed by atoms with Crippen LogP contribution in [0.4, 0.5) is 11.4 Å². The van der Waals surface area contributed by atoms with E-state index < -0.39 is 0 Å². The number of hydrogen-bond acceptors (Lipinski definition) is 4. The number of rotatable bonds is 16. The molecule has 16 aromatic rings. The van der Waals surface area contributed by atoms with E-state index >= 15 is 0 Å². The van der Waals surface area contributed by atoms with Crippen molar-refractivity contribution in [2.24, 2.45) is 9.98 Å². The molecule has 1 heterocycles. The summed E-state index contributed by atoms with van der Waals surface area (Å²) >= 11 is 12.0. The quantitative estimate of drug-likeness (QED) is 0.0963. The Morgan fingerprint density at radius 2 is 0.393 bits per heavy atom. The lowest BCUT2D eigenvalue weighted by Crippen LogP contribution is -2.14. The number of hydrogen-bond donors (Lipinski definition) is 0. The number of aryl methyl sites for hydroxylation is 6. The highest BCUT2D eigenvalue weighted by molar-refractivity contribution is 9.11. The molecule has 0 amide bonds. The summed E-state index contributed by atoms with van der Waals surface area (Å²) in [7, 11) is 0. The lowest BCUT2D eigenvalue weighted by atomic mass is 9.82. The van der Waals surface area contributed by atoms with Gasteiger partial charge < -0.3 is 0 Å². The summed E-state index contributed by atoms with van der Waals surface area (Å²) in [4.78, 5) is 11.8. The van der Waals surface area contributed by atoms with E-state index in [0.29, 0.717) is 0 Å². The van der Waals surface area contributed by atoms with Gasteiger partial charge in [0.15, 0.2) is 0 Å². The van der Waals surface area contributed by atoms with Gasteiger partial charge in [-0.15, -0.1) is 23.5 Å². The third kappa shape index (κ3) is 15.8. The fraction of sp³-hybridized carbons (Fsp3) is 0.0755. The second-order valence-electron chi connectivity index (χ2n) is 29.4. The van der Waals surface area contributed by atoms with Crippen molar-refractivity contribution in [3.8, 4) is 156 Å². The molecule has 1 saturated heterocycles. The van der Waals surface area contributed by atoms with Gasteiger partial charge in [0, 0.05) is 31.6 Å². The molecule has 0 unspecified atom stereocenters. The van der Waals surface area contributed by atoms with Crippen LogP contribution in [0.25, 0.3) is 156 Å². The van der Waals surface area contributed by atoms with Crippen molar-refractivity contribution in [2.75, 3.05) is 11.5 Å². The van der Waals surface area contributed by atoms with Gasteiger partial charge in [0.05, 0.1) is 11.4 Å². The first-order chi connectivity index (χ1) is 54.7. The van der Waals surface area contributed by atoms with E-state index in [2.05, 4.69) is 425 Å². The monoisotopic (exact) mass is 1600 g/mol. The summed E-state index contributed by atoms with van der Waals surface area (Å²) in [5, 5.41) is 1.73. The van der Waals surface area contributed by atoms with Crippen LogP contribution in [0.15, 0.2) is 371 Å². The Morgan fingerprint density at radius 1 is 0.196 bits per heavy atom. The average molecular weight is 1610 g/mol. The lowest BCUT2D eigenvalue weighted by Gasteiger charge is -2.23. The molecular formula is C106H80Br2N2S2. The zero-order valence-electron chi connectivity index (χ0n) is 63.4. The second kappa shape index (κ2) is 32.5. The molecule has 6 heteroatoms. The number of aliphatic imine (C=N–C) groups is 2. The molecule has 1 fully saturated rings. The predicted molar refractivity (Wildman–Crippen MR) is 492 cm³/mol. The molecule has 0 saturated carbocycles. The highest BCUT2D eigenvalue weighted by Crippen LogP contribution is 2.52. The van der Waals surface area contributed by atoms with Crippen molar-refractivity contribution in [3.05, 3.63) is 394 Å². The fourth-order valence-electron chi connectivity index (χ4n) is 15.2. The summed E-state index contributed by atoms with van der Waals surface area (Å²) in [5.41, 5.74) is 40.5. The van der Waals surface area contributed by atoms with Crippen molar-refractivity contribution in [3.63, 3.8) is 0 Å². The molecule has 0 N–H and O–H groups in total. The number of thioether (sulfide) groups is 2. The van der Waals surface area contributed by atoms with E-state index in [-0.39, 0.29) is 0 Å². The summed E-state index contributed by atoms with van der Waals surface area (Å²) < 4.78 is 1.72. The summed E-state index contributed by atoms with van der Waals surface area (Å²) in [6.07, 6.45) is 0. The minimum absolute atomic E-state index is 0.793. The molecule has 16 aromatic carbocycles. The van der Waals surface area contributed by atoms with Crippen molar-refractivity contribution in [1.82, 2.24) is 0 Å². The molecule has 0 radical (unpaired) electrons. The van der Waals surface area contributed by atoms with Crippen LogP contribution in [0.3, 0.4) is 0 Å². The highest BCUT2D eigenvalue weighted by atomic mass is 79.9. The van der Waals surface area contributed by atoms with Gasteiger partial charge in [0.1, 0.15) is 10.1 Å². The standard InChI is InChI=1S/C106H80Br2N2S2/c1-67-17-29-75(30-18-67)79-41-49-83(50-42-79)93-59-89(73-13-9-7-10-14-73)60-94(84-51-43-80(44-52-84)76-31-19-68(2)20-32-76)101(93)91-63-97(87-37-25-71(5)26-38-87)103(98(64-91)88-39-27-72(6)28-40-88)109-105-106(112-58-57-111-105)110-104-99(107)65-92(66-100(104)108)102-95(85-53-45-81(46-54-85)77-33-21-69(3)22-34-77)61-90(74-15-11-8-12-16-74)62-96(102)86-55-47-82(48-56-86)78-35-23-70(4)24-36-78/h7-56,59-66H,57-58H2,1-6H3. The van der Waals surface area contributed by atoms with Gasteiger partial charge in [-0.25, -0.2) is 9.98 Å². The molecule has 1 aliphatic rings. The van der Waals surface area contributed by atoms with Gasteiger partial charge in [-0.05, 0) is 267 Å². The maximum atomic E-state index is 6.03. The van der Waals surface area contributed by atoms with Crippen molar-refractivity contribution >= 4 is 76.8 Å². The average Bonchev–Trinajstić information content (AvgIpc) is 0.749. The maximum Gasteiger partial charge on any atom is 0.129 e. The minimum atomic E-state index is 0.793. The van der Waals surface area contributed by atoms with Crippen LogP contribution in [0, 0.1) is 41.5 Å². The van der Waals surface area contributed by atoms with Crippen molar-refractivity contribution in [1.29, 1.82) is 0 Å². The molecule has 2 nitrogen and oxygen atoms in total. The van der Waals surface area contributed by atoms with Crippen LogP contribution in [-0.2, 0) is 0 Å². The molecule has 1 aliphatic heterocycles. The third-order valence-corrected chi connectivity index (χ3v) is 24.9. The Hall–Kier alpha value is -11.5. The summed E-state index contributed by atoms with van der Waals surface area (Å²) in [6, 6.07) is 130. The van der Waals surface area contributed by atoms with Gasteiger partial charge in [0.2, 0.25) is 0 Å². The normalized spacial score (nSPS) is 12.9. The molecule has 17 rings (SSSR count). The van der Waals surface area contributed by atoms with Crippen molar-refractivity contribution in [2.45, 2.75) is 41.5 Å². The van der Waals surface area contributed by atoms with Gasteiger partial charge in [-0.2, -0.15) is 0 Å². The van der Waals surface area contributed by atoms with Crippen LogP contribution < -0.4 is 0 Å². The molecule has 0 spiro atoms. The van der Waals surface area contributed by atoms with E-state index in [1.54, 1.807) is 23.5 Å². The van der Waals surface area contributed by atoms with E-state index in [9.17, 15) is 0 Å². The molecule has 112 heavy (non-hydrogen) atoms. The Balaban J connectivity index is 0.849. The molecule has 540 valence electrons. The topological polar surface area (TPSA) is 24.7 Å². The summed E-state index contributed by atoms with van der Waals surface area (Å²) in [5.74, 6) is 1.74. The second-order valence-corrected chi connectivity index (χ2v) is 33.2. The molecular weight excluding hydrogens is 1530 g/mol. The number of halogens is 2. The van der Waals surface area contributed by atoms with E-state index in [1.807, 2.05) is 0 Å². The molecule has 0 aromatic heterocycles. The zero-order chi connectivity index (χ0) is 76.3. The van der Waals surface area contributed by atoms with Crippen LogP contribution in [0.1, 0.15) is 33.4 Å². The Morgan fingerprint density at radius 3 is 0.661 bits per heavy atom. The largest absolute Gasteiger partial charge is 0.238 e. The van der Waals surface area contributed by atoms with Gasteiger partial charge in [0.25, 0.3) is 0 Å². The van der Waals surface area contributed by atoms with Crippen LogP contribution in [0.5, 0.6) is 0 Å². The van der Waals surface area contributed by atoms with E-state index in [0.717, 1.165) is 153 Å². The minimum Gasteiger partial charge on any atom is -0.238 e. The maximum absolute atomic E-state index is 6.03. The number of nitrogens with zero attached hydrogens (tertiary/aromatic N) is 2.